The van der Waals surface area contributed by atoms with Gasteiger partial charge in [0, 0.05) is 88.8 Å². The van der Waals surface area contributed by atoms with E-state index in [1.54, 1.807) is 33.8 Å². The van der Waals surface area contributed by atoms with Gasteiger partial charge in [0.05, 0.1) is 52.8 Å². The molecule has 0 aromatic heterocycles. The minimum Gasteiger partial charge on any atom is -0.507 e. The Morgan fingerprint density at radius 3 is 2.05 bits per heavy atom. The number of fused-ring (bicyclic) bond motifs is 14. The topological polar surface area (TPSA) is 307 Å². The van der Waals surface area contributed by atoms with Crippen LogP contribution in [0.1, 0.15) is 106 Å². The van der Waals surface area contributed by atoms with Gasteiger partial charge in [0.2, 0.25) is 11.6 Å². The summed E-state index contributed by atoms with van der Waals surface area (Å²) in [7, 11) is 1.39. The van der Waals surface area contributed by atoms with Crippen molar-refractivity contribution in [1.82, 2.24) is 16.0 Å². The molecular formula is C51H65N3O19S2. The van der Waals surface area contributed by atoms with Crippen LogP contribution in [0, 0.1) is 30.6 Å². The molecule has 6 rings (SSSR count). The van der Waals surface area contributed by atoms with Crippen molar-refractivity contribution in [2.24, 2.45) is 23.7 Å². The number of hydrogen-bond acceptors (Lipinski definition) is 21. The number of aliphatic hydroxyl groups excluding tert-OH is 2. The Bertz CT molecular complexity index is 2590. The number of carbonyl (C=O) groups is 8. The van der Waals surface area contributed by atoms with E-state index in [0.29, 0.717) is 0 Å². The summed E-state index contributed by atoms with van der Waals surface area (Å²) < 4.78 is 45.4. The lowest BCUT2D eigenvalue weighted by Gasteiger charge is -2.40. The zero-order chi connectivity index (χ0) is 56.0. The molecule has 75 heavy (non-hydrogen) atoms. The van der Waals surface area contributed by atoms with Crippen molar-refractivity contribution in [1.29, 1.82) is 0 Å². The third kappa shape index (κ3) is 13.4. The maximum Gasteiger partial charge on any atom is 0.312 e. The quantitative estimate of drug-likeness (QED) is 0.0847. The van der Waals surface area contributed by atoms with Crippen molar-refractivity contribution in [3.63, 3.8) is 0 Å². The molecule has 1 aromatic carbocycles. The fourth-order valence-electron chi connectivity index (χ4n) is 9.16. The van der Waals surface area contributed by atoms with Gasteiger partial charge in [0.25, 0.3) is 11.7 Å². The van der Waals surface area contributed by atoms with Gasteiger partial charge in [-0.25, -0.2) is 0 Å². The number of thioether (sulfide) groups is 1. The zero-order valence-corrected chi connectivity index (χ0v) is 45.3. The second-order valence-electron chi connectivity index (χ2n) is 18.8. The third-order valence-corrected chi connectivity index (χ3v) is 14.5. The number of methoxy groups -OCH3 is 1. The van der Waals surface area contributed by atoms with Crippen LogP contribution in [0.2, 0.25) is 0 Å². The Hall–Kier alpha value is -6.18. The molecule has 4 aliphatic heterocycles. The highest BCUT2D eigenvalue weighted by Crippen LogP contribution is 2.49. The van der Waals surface area contributed by atoms with Gasteiger partial charge in [0.1, 0.15) is 23.3 Å². The summed E-state index contributed by atoms with van der Waals surface area (Å²) in [5, 5.41) is 42.9. The number of carbonyl (C=O) groups excluding carboxylic acids is 8. The lowest BCUT2D eigenvalue weighted by molar-refractivity contribution is -0.227. The number of ether oxygens (including phenoxy) is 8. The summed E-state index contributed by atoms with van der Waals surface area (Å²) in [6.45, 7) is 15.1. The number of hydrogen-bond donors (Lipinski definition) is 6. The molecule has 5 aliphatic rings. The number of esters is 4. The summed E-state index contributed by atoms with van der Waals surface area (Å²) >= 11 is 6.30. The smallest absolute Gasteiger partial charge is 0.312 e. The predicted octanol–water partition coefficient (Wildman–Crippen LogP) is 3.31. The van der Waals surface area contributed by atoms with E-state index in [1.807, 2.05) is 0 Å². The van der Waals surface area contributed by atoms with Gasteiger partial charge >= 0.3 is 29.7 Å². The van der Waals surface area contributed by atoms with Crippen LogP contribution in [0.3, 0.4) is 0 Å². The summed E-state index contributed by atoms with van der Waals surface area (Å²) in [6.07, 6.45) is -2.11. The monoisotopic (exact) mass is 1090 g/mol. The van der Waals surface area contributed by atoms with Gasteiger partial charge in [-0.3, -0.25) is 38.4 Å². The summed E-state index contributed by atoms with van der Waals surface area (Å²) in [6, 6.07) is 0. The number of aromatic hydroxyl groups is 1. The minimum absolute atomic E-state index is 0.0435. The molecule has 0 radical (unpaired) electrons. The highest BCUT2D eigenvalue weighted by molar-refractivity contribution is 8.04. The summed E-state index contributed by atoms with van der Waals surface area (Å²) in [4.78, 5) is 106. The van der Waals surface area contributed by atoms with E-state index in [0.717, 1.165) is 38.8 Å². The molecule has 1 saturated heterocycles. The molecule has 1 amide bonds. The third-order valence-electron chi connectivity index (χ3n) is 13.2. The fourth-order valence-corrected chi connectivity index (χ4v) is 10.3. The number of benzene rings is 1. The SMILES string of the molecule is CO[C@H]1C=CO[C@@]2(C)Oc3c(C)c(O)c4c(c3C2=O)C(=O)C(SCCNC(=S)N[C@H]2OC[C@@H](OC(C)=O)[C@@H](OC(C)=O)[C@@H]2OC(C)=O)=C(NC(=O)/C(C)=C\C=C/[C@H](C)[C@H](O)[C@@H](C)[C@@H](O)[C@@H](C)[C@H](OC(C)=O)[C@@H]1C)C4=O. The number of Topliss-reactive ketones (excluding diaryl/α,β-unsaturated/α-hetero) is 3. The summed E-state index contributed by atoms with van der Waals surface area (Å²) in [5.41, 5.74) is -1.99. The fraction of sp³-hybridized carbons (Fsp3) is 0.549. The van der Waals surface area contributed by atoms with Crippen LogP contribution in [0.25, 0.3) is 0 Å². The molecule has 24 heteroatoms. The molecule has 4 heterocycles. The number of allylic oxidation sites excluding steroid dienone is 4. The van der Waals surface area contributed by atoms with E-state index in [-0.39, 0.29) is 51.4 Å². The molecular weight excluding hydrogens is 1020 g/mol. The van der Waals surface area contributed by atoms with Crippen LogP contribution in [0.4, 0.5) is 0 Å². The first-order valence-corrected chi connectivity index (χ1v) is 25.4. The number of ketones is 3. The van der Waals surface area contributed by atoms with Gasteiger partial charge < -0.3 is 69.2 Å². The Kier molecular flexibility index (Phi) is 20.0. The first-order valence-electron chi connectivity index (χ1n) is 24.0. The van der Waals surface area contributed by atoms with Crippen molar-refractivity contribution in [2.45, 2.75) is 131 Å². The zero-order valence-electron chi connectivity index (χ0n) is 43.6. The Labute approximate surface area is 443 Å². The van der Waals surface area contributed by atoms with E-state index in [4.69, 9.17) is 50.1 Å². The molecule has 6 N–H and O–H groups in total. The van der Waals surface area contributed by atoms with Crippen molar-refractivity contribution < 1.29 is 91.6 Å². The first kappa shape index (κ1) is 59.7. The molecule has 410 valence electrons. The molecule has 0 unspecified atom stereocenters. The van der Waals surface area contributed by atoms with Crippen molar-refractivity contribution in [3.8, 4) is 11.5 Å². The van der Waals surface area contributed by atoms with E-state index in [1.165, 1.54) is 53.0 Å². The van der Waals surface area contributed by atoms with Gasteiger partial charge in [0.15, 0.2) is 29.7 Å². The Morgan fingerprint density at radius 1 is 0.827 bits per heavy atom. The van der Waals surface area contributed by atoms with Crippen molar-refractivity contribution >= 4 is 76.2 Å². The van der Waals surface area contributed by atoms with Gasteiger partial charge in [-0.15, -0.1) is 11.8 Å². The van der Waals surface area contributed by atoms with E-state index < -0.39 is 148 Å². The molecule has 1 fully saturated rings. The van der Waals surface area contributed by atoms with Crippen LogP contribution < -0.4 is 20.7 Å². The Morgan fingerprint density at radius 2 is 1.44 bits per heavy atom. The van der Waals surface area contributed by atoms with Crippen LogP contribution in [0.15, 0.2) is 46.7 Å². The predicted molar refractivity (Wildman–Crippen MR) is 271 cm³/mol. The lowest BCUT2D eigenvalue weighted by atomic mass is 9.78. The van der Waals surface area contributed by atoms with Gasteiger partial charge in [-0.05, 0) is 32.1 Å². The largest absolute Gasteiger partial charge is 0.507 e. The van der Waals surface area contributed by atoms with Gasteiger partial charge in [-0.1, -0.05) is 45.9 Å². The second-order valence-corrected chi connectivity index (χ2v) is 20.3. The number of rotatable bonds is 10. The van der Waals surface area contributed by atoms with Gasteiger partial charge in [-0.2, -0.15) is 0 Å². The second kappa shape index (κ2) is 25.1. The highest BCUT2D eigenvalue weighted by atomic mass is 32.2. The number of thiocarbonyl (C=S) groups is 1. The molecule has 13 atom stereocenters. The van der Waals surface area contributed by atoms with Crippen molar-refractivity contribution in [2.75, 3.05) is 26.0 Å². The number of phenolic OH excluding ortho intramolecular Hbond substituents is 1. The van der Waals surface area contributed by atoms with Crippen LogP contribution in [0.5, 0.6) is 11.5 Å². The standard InChI is InChI=1S/C51H65N3O19S2/c1-21-14-13-15-22(2)48(65)53-36-40(62)34-33(41(63)46(36)75-19-17-52-50(74)54-49-45(72-30(10)58)44(71-29(9)57)32(20-67-49)69-27(7)55)35-43(26(6)39(34)61)73-51(11,47(35)64)68-18-16-31(66-12)23(3)42(70-28(8)56)25(5)38(60)24(4)37(21)59/h13-16,18,21,23-25,31-32,37-38,42,44-45,49,59-61H,17,19-20H2,1-12H3,(H,53,65)(H2,52,54,74)/b14-13-,18-16?,22-15-/t21-,23+,24+,25+,31-,32+,37-,38+,42+,44+,45-,49-,51-/m0/s1. The van der Waals surface area contributed by atoms with E-state index in [2.05, 4.69) is 16.0 Å². The molecule has 1 aliphatic carbocycles. The normalized spacial score (nSPS) is 31.4. The molecule has 0 spiro atoms. The molecule has 0 saturated carbocycles. The van der Waals surface area contributed by atoms with Crippen LogP contribution in [-0.4, -0.2) is 148 Å². The highest BCUT2D eigenvalue weighted by Gasteiger charge is 2.53. The lowest BCUT2D eigenvalue weighted by Crippen LogP contribution is -2.63. The average molecular weight is 1090 g/mol. The van der Waals surface area contributed by atoms with Crippen LogP contribution >= 0.6 is 24.0 Å². The summed E-state index contributed by atoms with van der Waals surface area (Å²) in [5.74, 6) is -12.5. The number of aliphatic hydroxyl groups is 2. The number of phenols is 1. The van der Waals surface area contributed by atoms with Crippen molar-refractivity contribution in [3.05, 3.63) is 69.0 Å². The van der Waals surface area contributed by atoms with E-state index >= 15 is 0 Å². The molecule has 22 nitrogen and oxygen atoms in total. The molecule has 1 aromatic rings. The maximum absolute atomic E-state index is 14.9. The van der Waals surface area contributed by atoms with Crippen LogP contribution in [-0.2, 0) is 57.1 Å². The first-order chi connectivity index (χ1) is 35.1. The number of amides is 1. The Balaban J connectivity index is 1.52. The number of nitrogens with one attached hydrogen (secondary N) is 3. The average Bonchev–Trinajstić information content (AvgIpc) is 3.60. The van der Waals surface area contributed by atoms with E-state index in [9.17, 15) is 53.7 Å². The maximum atomic E-state index is 14.9. The molecule has 5 bridgehead atoms. The minimum atomic E-state index is -2.19.